The van der Waals surface area contributed by atoms with Crippen LogP contribution in [0, 0.1) is 5.92 Å². The fraction of sp³-hybridized carbons (Fsp3) is 0.750. The second-order valence-electron chi connectivity index (χ2n) is 5.31. The maximum absolute atomic E-state index is 11.8. The van der Waals surface area contributed by atoms with Crippen LogP contribution in [0.4, 0.5) is 0 Å². The van der Waals surface area contributed by atoms with Crippen LogP contribution in [-0.2, 0) is 0 Å². The SMILES string of the molecule is O=C(NCC1CC(O)C1)c1noc(C2CCCN2)n1. The van der Waals surface area contributed by atoms with Crippen LogP contribution in [-0.4, -0.2) is 40.3 Å². The Hall–Kier alpha value is -1.47. The van der Waals surface area contributed by atoms with Gasteiger partial charge in [0, 0.05) is 6.54 Å². The normalized spacial score (nSPS) is 30.1. The second kappa shape index (κ2) is 5.26. The molecule has 19 heavy (non-hydrogen) atoms. The van der Waals surface area contributed by atoms with E-state index in [9.17, 15) is 4.79 Å². The zero-order chi connectivity index (χ0) is 13.2. The first-order valence-corrected chi connectivity index (χ1v) is 6.75. The molecule has 7 nitrogen and oxygen atoms in total. The van der Waals surface area contributed by atoms with E-state index in [0.717, 1.165) is 32.2 Å². The van der Waals surface area contributed by atoms with Crippen LogP contribution in [0.2, 0.25) is 0 Å². The zero-order valence-electron chi connectivity index (χ0n) is 10.6. The average molecular weight is 266 g/mol. The monoisotopic (exact) mass is 266 g/mol. The van der Waals surface area contributed by atoms with Crippen molar-refractivity contribution < 1.29 is 14.4 Å². The minimum atomic E-state index is -0.311. The maximum atomic E-state index is 11.8. The van der Waals surface area contributed by atoms with Crippen molar-refractivity contribution in [3.05, 3.63) is 11.7 Å². The number of nitrogens with zero attached hydrogens (tertiary/aromatic N) is 2. The van der Waals surface area contributed by atoms with Crippen LogP contribution >= 0.6 is 0 Å². The molecule has 7 heteroatoms. The molecule has 1 saturated heterocycles. The zero-order valence-corrected chi connectivity index (χ0v) is 10.6. The summed E-state index contributed by atoms with van der Waals surface area (Å²) in [6.07, 6.45) is 3.35. The van der Waals surface area contributed by atoms with Crippen molar-refractivity contribution in [2.24, 2.45) is 5.92 Å². The Morgan fingerprint density at radius 2 is 2.37 bits per heavy atom. The first kappa shape index (κ1) is 12.6. The van der Waals surface area contributed by atoms with Gasteiger partial charge in [-0.1, -0.05) is 5.16 Å². The fourth-order valence-corrected chi connectivity index (χ4v) is 2.55. The number of rotatable bonds is 4. The maximum Gasteiger partial charge on any atom is 0.292 e. The molecule has 1 aromatic rings. The number of hydrogen-bond acceptors (Lipinski definition) is 6. The summed E-state index contributed by atoms with van der Waals surface area (Å²) in [4.78, 5) is 15.9. The van der Waals surface area contributed by atoms with Crippen LogP contribution in [0.3, 0.4) is 0 Å². The number of nitrogens with one attached hydrogen (secondary N) is 2. The van der Waals surface area contributed by atoms with E-state index in [-0.39, 0.29) is 23.9 Å². The lowest BCUT2D eigenvalue weighted by atomic mass is 9.82. The van der Waals surface area contributed by atoms with Crippen LogP contribution in [0.15, 0.2) is 4.52 Å². The molecule has 0 bridgehead atoms. The second-order valence-corrected chi connectivity index (χ2v) is 5.31. The Labute approximate surface area is 110 Å². The smallest absolute Gasteiger partial charge is 0.292 e. The Bertz CT molecular complexity index is 450. The van der Waals surface area contributed by atoms with Crippen molar-refractivity contribution >= 4 is 5.91 Å². The van der Waals surface area contributed by atoms with Gasteiger partial charge in [-0.05, 0) is 38.1 Å². The third-order valence-electron chi connectivity index (χ3n) is 3.77. The van der Waals surface area contributed by atoms with Gasteiger partial charge >= 0.3 is 0 Å². The molecule has 3 N–H and O–H groups in total. The van der Waals surface area contributed by atoms with Crippen LogP contribution < -0.4 is 10.6 Å². The standard InChI is InChI=1S/C12H18N4O3/c17-8-4-7(5-8)6-14-11(18)10-15-12(19-16-10)9-2-1-3-13-9/h7-9,13,17H,1-6H2,(H,14,18). The first-order chi connectivity index (χ1) is 9.22. The number of hydrogen-bond donors (Lipinski definition) is 3. The van der Waals surface area contributed by atoms with Crippen LogP contribution in [0.5, 0.6) is 0 Å². The van der Waals surface area contributed by atoms with Crippen molar-refractivity contribution in [3.63, 3.8) is 0 Å². The Morgan fingerprint density at radius 1 is 1.53 bits per heavy atom. The predicted molar refractivity (Wildman–Crippen MR) is 65.3 cm³/mol. The van der Waals surface area contributed by atoms with Gasteiger partial charge in [0.15, 0.2) is 0 Å². The molecule has 0 radical (unpaired) electrons. The Balaban J connectivity index is 1.51. The van der Waals surface area contributed by atoms with Gasteiger partial charge in [0.1, 0.15) is 0 Å². The lowest BCUT2D eigenvalue weighted by molar-refractivity contribution is 0.0419. The van der Waals surface area contributed by atoms with E-state index in [4.69, 9.17) is 9.63 Å². The molecule has 3 rings (SSSR count). The van der Waals surface area contributed by atoms with Gasteiger partial charge in [-0.25, -0.2) is 0 Å². The van der Waals surface area contributed by atoms with Crippen molar-refractivity contribution in [3.8, 4) is 0 Å². The Morgan fingerprint density at radius 3 is 3.05 bits per heavy atom. The van der Waals surface area contributed by atoms with Crippen molar-refractivity contribution in [1.82, 2.24) is 20.8 Å². The summed E-state index contributed by atoms with van der Waals surface area (Å²) in [6.45, 7) is 1.50. The summed E-state index contributed by atoms with van der Waals surface area (Å²) >= 11 is 0. The highest BCUT2D eigenvalue weighted by atomic mass is 16.5. The molecule has 0 spiro atoms. The number of aliphatic hydroxyl groups excluding tert-OH is 1. The molecule has 1 aliphatic heterocycles. The van der Waals surface area contributed by atoms with E-state index in [1.54, 1.807) is 0 Å². The quantitative estimate of drug-likeness (QED) is 0.709. The number of aromatic nitrogens is 2. The largest absolute Gasteiger partial charge is 0.393 e. The molecule has 2 fully saturated rings. The highest BCUT2D eigenvalue weighted by molar-refractivity contribution is 5.90. The van der Waals surface area contributed by atoms with Gasteiger partial charge in [-0.3, -0.25) is 4.79 Å². The summed E-state index contributed by atoms with van der Waals surface area (Å²) < 4.78 is 5.11. The summed E-state index contributed by atoms with van der Waals surface area (Å²) in [6, 6.07) is 0.0795. The minimum absolute atomic E-state index is 0.0795. The third-order valence-corrected chi connectivity index (χ3v) is 3.77. The number of carbonyl (C=O) groups is 1. The van der Waals surface area contributed by atoms with Gasteiger partial charge in [-0.15, -0.1) is 0 Å². The van der Waals surface area contributed by atoms with Crippen molar-refractivity contribution in [1.29, 1.82) is 0 Å². The molecule has 1 unspecified atom stereocenters. The lowest BCUT2D eigenvalue weighted by Crippen LogP contribution is -2.38. The fourth-order valence-electron chi connectivity index (χ4n) is 2.55. The summed E-state index contributed by atoms with van der Waals surface area (Å²) in [5, 5.41) is 18.9. The molecule has 104 valence electrons. The van der Waals surface area contributed by atoms with Gasteiger partial charge in [0.25, 0.3) is 11.7 Å². The van der Waals surface area contributed by atoms with Crippen molar-refractivity contribution in [2.75, 3.05) is 13.1 Å². The predicted octanol–water partition coefficient (Wildman–Crippen LogP) is -0.00520. The molecule has 1 aromatic heterocycles. The summed E-state index contributed by atoms with van der Waals surface area (Å²) in [5.41, 5.74) is 0. The van der Waals surface area contributed by atoms with E-state index >= 15 is 0 Å². The molecule has 2 heterocycles. The van der Waals surface area contributed by atoms with Gasteiger partial charge in [0.05, 0.1) is 12.1 Å². The average Bonchev–Trinajstić information content (AvgIpc) is 3.01. The van der Waals surface area contributed by atoms with E-state index in [2.05, 4.69) is 20.8 Å². The van der Waals surface area contributed by atoms with Gasteiger partial charge < -0.3 is 20.3 Å². The molecular weight excluding hydrogens is 248 g/mol. The molecule has 0 aromatic carbocycles. The van der Waals surface area contributed by atoms with Crippen molar-refractivity contribution in [2.45, 2.75) is 37.8 Å². The van der Waals surface area contributed by atoms with E-state index in [0.29, 0.717) is 18.4 Å². The van der Waals surface area contributed by atoms with E-state index in [1.807, 2.05) is 0 Å². The molecule has 1 atom stereocenters. The lowest BCUT2D eigenvalue weighted by Gasteiger charge is -2.31. The minimum Gasteiger partial charge on any atom is -0.393 e. The van der Waals surface area contributed by atoms with E-state index < -0.39 is 0 Å². The summed E-state index contributed by atoms with van der Waals surface area (Å²) in [7, 11) is 0. The molecule has 1 amide bonds. The molecule has 2 aliphatic rings. The summed E-state index contributed by atoms with van der Waals surface area (Å²) in [5.74, 6) is 0.626. The number of amides is 1. The first-order valence-electron chi connectivity index (χ1n) is 6.75. The molecule has 1 aliphatic carbocycles. The van der Waals surface area contributed by atoms with Crippen LogP contribution in [0.25, 0.3) is 0 Å². The van der Waals surface area contributed by atoms with Gasteiger partial charge in [-0.2, -0.15) is 4.98 Å². The highest BCUT2D eigenvalue weighted by Crippen LogP contribution is 2.26. The number of carbonyl (C=O) groups excluding carboxylic acids is 1. The number of aliphatic hydroxyl groups is 1. The third kappa shape index (κ3) is 2.76. The Kier molecular flexibility index (Phi) is 3.48. The topological polar surface area (TPSA) is 100 Å². The van der Waals surface area contributed by atoms with Crippen LogP contribution in [0.1, 0.15) is 48.2 Å². The molecular formula is C12H18N4O3. The van der Waals surface area contributed by atoms with E-state index in [1.165, 1.54) is 0 Å². The van der Waals surface area contributed by atoms with Gasteiger partial charge in [0.2, 0.25) is 5.89 Å². The highest BCUT2D eigenvalue weighted by Gasteiger charge is 2.28. The molecule has 1 saturated carbocycles.